The molecular formula is C19H26N4O. The quantitative estimate of drug-likeness (QED) is 0.885. The molecule has 0 saturated carbocycles. The molecule has 2 aromatic rings. The van der Waals surface area contributed by atoms with Gasteiger partial charge >= 0.3 is 0 Å². The van der Waals surface area contributed by atoms with Gasteiger partial charge < -0.3 is 15.3 Å². The molecule has 0 aliphatic carbocycles. The molecular weight excluding hydrogens is 300 g/mol. The molecule has 3 rings (SSSR count). The minimum absolute atomic E-state index is 0.0581. The number of rotatable bonds is 5. The van der Waals surface area contributed by atoms with E-state index in [2.05, 4.69) is 59.4 Å². The summed E-state index contributed by atoms with van der Waals surface area (Å²) in [6.45, 7) is 7.18. The van der Waals surface area contributed by atoms with Crippen molar-refractivity contribution in [1.82, 2.24) is 9.97 Å². The number of aromatic nitrogens is 2. The molecule has 1 aromatic heterocycles. The fourth-order valence-corrected chi connectivity index (χ4v) is 3.13. The number of fused-ring (bicyclic) bond motifs is 1. The van der Waals surface area contributed by atoms with Crippen molar-refractivity contribution in [3.8, 4) is 0 Å². The summed E-state index contributed by atoms with van der Waals surface area (Å²) in [5.74, 6) is 1.55. The average molecular weight is 326 g/mol. The van der Waals surface area contributed by atoms with Crippen LogP contribution in [0.2, 0.25) is 0 Å². The fraction of sp³-hybridized carbons (Fsp3) is 0.474. The highest BCUT2D eigenvalue weighted by Gasteiger charge is 2.24. The number of aliphatic hydroxyl groups excluding tert-OH is 1. The van der Waals surface area contributed by atoms with Crippen LogP contribution in [0.1, 0.15) is 37.6 Å². The average Bonchev–Trinajstić information content (AvgIpc) is 2.60. The Balaban J connectivity index is 1.92. The van der Waals surface area contributed by atoms with Crippen molar-refractivity contribution < 1.29 is 5.11 Å². The minimum atomic E-state index is -0.0653. The second-order valence-corrected chi connectivity index (χ2v) is 6.57. The van der Waals surface area contributed by atoms with Gasteiger partial charge in [-0.25, -0.2) is 4.98 Å². The monoisotopic (exact) mass is 326 g/mol. The van der Waals surface area contributed by atoms with Gasteiger partial charge in [0.05, 0.1) is 6.61 Å². The van der Waals surface area contributed by atoms with Gasteiger partial charge in [0, 0.05) is 30.4 Å². The fourth-order valence-electron chi connectivity index (χ4n) is 3.13. The normalized spacial score (nSPS) is 18.2. The second-order valence-electron chi connectivity index (χ2n) is 6.57. The lowest BCUT2D eigenvalue weighted by atomic mass is 9.95. The van der Waals surface area contributed by atoms with Crippen LogP contribution >= 0.6 is 0 Å². The lowest BCUT2D eigenvalue weighted by Gasteiger charge is -2.36. The summed E-state index contributed by atoms with van der Waals surface area (Å²) in [4.78, 5) is 11.6. The van der Waals surface area contributed by atoms with Crippen molar-refractivity contribution in [3.63, 3.8) is 0 Å². The van der Waals surface area contributed by atoms with Crippen LogP contribution in [0.3, 0.4) is 0 Å². The van der Waals surface area contributed by atoms with Crippen LogP contribution in [0.4, 0.5) is 11.8 Å². The first-order valence-corrected chi connectivity index (χ1v) is 8.69. The maximum atomic E-state index is 9.26. The van der Waals surface area contributed by atoms with Gasteiger partial charge in [0.2, 0.25) is 5.95 Å². The van der Waals surface area contributed by atoms with E-state index < -0.39 is 0 Å². The van der Waals surface area contributed by atoms with E-state index in [-0.39, 0.29) is 12.6 Å². The van der Waals surface area contributed by atoms with Crippen LogP contribution in [0.15, 0.2) is 30.3 Å². The molecule has 0 radical (unpaired) electrons. The molecule has 2 N–H and O–H groups in total. The van der Waals surface area contributed by atoms with E-state index in [9.17, 15) is 5.11 Å². The highest BCUT2D eigenvalue weighted by Crippen LogP contribution is 2.28. The summed E-state index contributed by atoms with van der Waals surface area (Å²) in [6, 6.07) is 11.0. The molecule has 5 heteroatoms. The predicted molar refractivity (Wildman–Crippen MR) is 97.4 cm³/mol. The maximum Gasteiger partial charge on any atom is 0.225 e. The van der Waals surface area contributed by atoms with E-state index in [0.717, 1.165) is 30.9 Å². The molecule has 5 nitrogen and oxygen atoms in total. The topological polar surface area (TPSA) is 61.3 Å². The lowest BCUT2D eigenvalue weighted by Crippen LogP contribution is -2.39. The van der Waals surface area contributed by atoms with Crippen LogP contribution in [0.5, 0.6) is 0 Å². The van der Waals surface area contributed by atoms with Gasteiger partial charge in [-0.15, -0.1) is 0 Å². The Labute approximate surface area is 143 Å². The molecule has 1 aliphatic heterocycles. The molecule has 1 aliphatic rings. The Morgan fingerprint density at radius 2 is 2.04 bits per heavy atom. The number of nitrogens with zero attached hydrogens (tertiary/aromatic N) is 3. The van der Waals surface area contributed by atoms with Crippen LogP contribution in [0.25, 0.3) is 0 Å². The first kappa shape index (κ1) is 16.7. The lowest BCUT2D eigenvalue weighted by molar-refractivity contribution is 0.281. The molecule has 24 heavy (non-hydrogen) atoms. The van der Waals surface area contributed by atoms with Crippen LogP contribution in [0, 0.1) is 0 Å². The maximum absolute atomic E-state index is 9.26. The molecule has 0 bridgehead atoms. The summed E-state index contributed by atoms with van der Waals surface area (Å²) in [5.41, 5.74) is 3.81. The minimum Gasteiger partial charge on any atom is -0.394 e. The van der Waals surface area contributed by atoms with E-state index in [1.165, 1.54) is 11.1 Å². The smallest absolute Gasteiger partial charge is 0.225 e. The van der Waals surface area contributed by atoms with E-state index in [1.807, 2.05) is 6.92 Å². The Kier molecular flexibility index (Phi) is 5.00. The van der Waals surface area contributed by atoms with Gasteiger partial charge in [0.15, 0.2) is 0 Å². The molecule has 1 aromatic carbocycles. The SMILES string of the molecule is CCc1cc(N2Cc3ccccc3C[C@@H]2C)nc(N[C@@H](C)CO)n1. The van der Waals surface area contributed by atoms with Crippen molar-refractivity contribution in [1.29, 1.82) is 0 Å². The number of hydrogen-bond donors (Lipinski definition) is 2. The standard InChI is InChI=1S/C19H26N4O/c1-4-17-10-18(22-19(21-17)20-13(2)12-24)23-11-16-8-6-5-7-15(16)9-14(23)3/h5-8,10,13-14,24H,4,9,11-12H2,1-3H3,(H,20,21,22)/t13-,14-/m0/s1. The van der Waals surface area contributed by atoms with E-state index in [0.29, 0.717) is 12.0 Å². The van der Waals surface area contributed by atoms with Gasteiger partial charge in [-0.2, -0.15) is 4.98 Å². The van der Waals surface area contributed by atoms with Crippen molar-refractivity contribution in [3.05, 3.63) is 47.2 Å². The Morgan fingerprint density at radius 3 is 2.75 bits per heavy atom. The van der Waals surface area contributed by atoms with Gasteiger partial charge in [0.25, 0.3) is 0 Å². The third kappa shape index (κ3) is 3.51. The summed E-state index contributed by atoms with van der Waals surface area (Å²) < 4.78 is 0. The molecule has 0 spiro atoms. The number of aliphatic hydroxyl groups is 1. The molecule has 0 fully saturated rings. The number of hydrogen-bond acceptors (Lipinski definition) is 5. The second kappa shape index (κ2) is 7.18. The van der Waals surface area contributed by atoms with Gasteiger partial charge in [-0.05, 0) is 37.8 Å². The Bertz CT molecular complexity index is 704. The summed E-state index contributed by atoms with van der Waals surface area (Å²) in [7, 11) is 0. The number of anilines is 2. The third-order valence-corrected chi connectivity index (χ3v) is 4.58. The zero-order valence-electron chi connectivity index (χ0n) is 14.7. The third-order valence-electron chi connectivity index (χ3n) is 4.58. The van der Waals surface area contributed by atoms with Crippen LogP contribution in [-0.4, -0.2) is 33.8 Å². The number of benzene rings is 1. The first-order chi connectivity index (χ1) is 11.6. The Morgan fingerprint density at radius 1 is 1.29 bits per heavy atom. The van der Waals surface area contributed by atoms with Crippen LogP contribution in [-0.2, 0) is 19.4 Å². The summed E-state index contributed by atoms with van der Waals surface area (Å²) in [5, 5.41) is 12.4. The molecule has 0 amide bonds. The van der Waals surface area contributed by atoms with E-state index >= 15 is 0 Å². The largest absolute Gasteiger partial charge is 0.394 e. The van der Waals surface area contributed by atoms with Crippen molar-refractivity contribution in [2.45, 2.75) is 52.2 Å². The first-order valence-electron chi connectivity index (χ1n) is 8.69. The molecule has 2 atom stereocenters. The molecule has 128 valence electrons. The molecule has 0 unspecified atom stereocenters. The summed E-state index contributed by atoms with van der Waals surface area (Å²) in [6.07, 6.45) is 1.88. The van der Waals surface area contributed by atoms with Gasteiger partial charge in [-0.1, -0.05) is 31.2 Å². The van der Waals surface area contributed by atoms with Crippen molar-refractivity contribution in [2.24, 2.45) is 0 Å². The zero-order chi connectivity index (χ0) is 17.1. The Hall–Kier alpha value is -2.14. The van der Waals surface area contributed by atoms with Crippen molar-refractivity contribution in [2.75, 3.05) is 16.8 Å². The van der Waals surface area contributed by atoms with Crippen LogP contribution < -0.4 is 10.2 Å². The molecule has 0 saturated heterocycles. The van der Waals surface area contributed by atoms with Crippen molar-refractivity contribution >= 4 is 11.8 Å². The number of nitrogens with one attached hydrogen (secondary N) is 1. The predicted octanol–water partition coefficient (Wildman–Crippen LogP) is 2.78. The van der Waals surface area contributed by atoms with Gasteiger partial charge in [0.1, 0.15) is 5.82 Å². The number of aryl methyl sites for hydroxylation is 1. The highest BCUT2D eigenvalue weighted by atomic mass is 16.3. The van der Waals surface area contributed by atoms with E-state index in [1.54, 1.807) is 0 Å². The van der Waals surface area contributed by atoms with E-state index in [4.69, 9.17) is 4.98 Å². The highest BCUT2D eigenvalue weighted by molar-refractivity contribution is 5.49. The van der Waals surface area contributed by atoms with Gasteiger partial charge in [-0.3, -0.25) is 0 Å². The zero-order valence-corrected chi connectivity index (χ0v) is 14.7. The molecule has 2 heterocycles. The summed E-state index contributed by atoms with van der Waals surface area (Å²) >= 11 is 0.